The van der Waals surface area contributed by atoms with Crippen LogP contribution < -0.4 is 10.6 Å². The van der Waals surface area contributed by atoms with Crippen molar-refractivity contribution in [1.82, 2.24) is 10.6 Å². The van der Waals surface area contributed by atoms with Crippen LogP contribution in [0.2, 0.25) is 0 Å². The molecule has 2 N–H and O–H groups in total. The van der Waals surface area contributed by atoms with Crippen molar-refractivity contribution in [2.45, 2.75) is 44.6 Å². The number of hydrogen-bond donors (Lipinski definition) is 2. The van der Waals surface area contributed by atoms with Gasteiger partial charge in [0, 0.05) is 17.8 Å². The molecule has 1 aromatic heterocycles. The number of nitrogens with one attached hydrogen (secondary N) is 2. The first-order valence-electron chi connectivity index (χ1n) is 7.84. The highest BCUT2D eigenvalue weighted by Crippen LogP contribution is 2.37. The zero-order chi connectivity index (χ0) is 14.7. The van der Waals surface area contributed by atoms with E-state index < -0.39 is 0 Å². The molecule has 0 bridgehead atoms. The van der Waals surface area contributed by atoms with Crippen molar-refractivity contribution >= 4 is 23.2 Å². The number of amides is 2. The lowest BCUT2D eigenvalue weighted by Gasteiger charge is -2.28. The SMILES string of the molecule is O=C1CCC(C(=O)NC(c2cccs2)C2CCCC2)CN1. The summed E-state index contributed by atoms with van der Waals surface area (Å²) in [5, 5.41) is 8.13. The topological polar surface area (TPSA) is 58.2 Å². The lowest BCUT2D eigenvalue weighted by atomic mass is 9.94. The molecule has 2 atom stereocenters. The number of carbonyl (C=O) groups is 2. The van der Waals surface area contributed by atoms with E-state index in [2.05, 4.69) is 28.1 Å². The van der Waals surface area contributed by atoms with Gasteiger partial charge in [0.05, 0.1) is 12.0 Å². The van der Waals surface area contributed by atoms with Crippen molar-refractivity contribution in [3.05, 3.63) is 22.4 Å². The summed E-state index contributed by atoms with van der Waals surface area (Å²) in [7, 11) is 0. The van der Waals surface area contributed by atoms with Gasteiger partial charge < -0.3 is 10.6 Å². The van der Waals surface area contributed by atoms with Crippen LogP contribution >= 0.6 is 11.3 Å². The van der Waals surface area contributed by atoms with Crippen LogP contribution in [0, 0.1) is 11.8 Å². The summed E-state index contributed by atoms with van der Waals surface area (Å²) in [6, 6.07) is 4.32. The van der Waals surface area contributed by atoms with E-state index in [1.807, 2.05) is 0 Å². The summed E-state index contributed by atoms with van der Waals surface area (Å²) < 4.78 is 0. The molecule has 1 aromatic rings. The molecule has 114 valence electrons. The van der Waals surface area contributed by atoms with Crippen LogP contribution in [0.25, 0.3) is 0 Å². The molecule has 1 aliphatic carbocycles. The molecule has 1 saturated carbocycles. The standard InChI is InChI=1S/C16H22N2O2S/c19-14-8-7-12(10-17-14)16(20)18-15(11-4-1-2-5-11)13-6-3-9-21-13/h3,6,9,11-12,15H,1-2,4-5,7-8,10H2,(H,17,19)(H,18,20). The highest BCUT2D eigenvalue weighted by atomic mass is 32.1. The summed E-state index contributed by atoms with van der Waals surface area (Å²) in [6.45, 7) is 0.479. The summed E-state index contributed by atoms with van der Waals surface area (Å²) >= 11 is 1.72. The normalized spacial score (nSPS) is 24.6. The minimum atomic E-state index is -0.0773. The van der Waals surface area contributed by atoms with E-state index in [0.717, 1.165) is 0 Å². The second-order valence-electron chi connectivity index (χ2n) is 6.09. The highest BCUT2D eigenvalue weighted by molar-refractivity contribution is 7.10. The summed E-state index contributed by atoms with van der Waals surface area (Å²) in [6.07, 6.45) is 6.06. The third-order valence-electron chi connectivity index (χ3n) is 4.65. The van der Waals surface area contributed by atoms with E-state index >= 15 is 0 Å². The van der Waals surface area contributed by atoms with Crippen LogP contribution in [-0.4, -0.2) is 18.4 Å². The van der Waals surface area contributed by atoms with Gasteiger partial charge in [-0.25, -0.2) is 0 Å². The number of piperidine rings is 1. The Bertz CT molecular complexity index is 484. The van der Waals surface area contributed by atoms with Crippen molar-refractivity contribution in [1.29, 1.82) is 0 Å². The number of thiophene rings is 1. The third-order valence-corrected chi connectivity index (χ3v) is 5.61. The summed E-state index contributed by atoms with van der Waals surface area (Å²) in [5.74, 6) is 0.641. The molecule has 3 rings (SSSR count). The van der Waals surface area contributed by atoms with Crippen LogP contribution in [-0.2, 0) is 9.59 Å². The molecule has 4 nitrogen and oxygen atoms in total. The Kier molecular flexibility index (Phi) is 4.58. The first-order valence-corrected chi connectivity index (χ1v) is 8.72. The Hall–Kier alpha value is -1.36. The fraction of sp³-hybridized carbons (Fsp3) is 0.625. The highest BCUT2D eigenvalue weighted by Gasteiger charge is 2.31. The monoisotopic (exact) mass is 306 g/mol. The number of rotatable bonds is 4. The van der Waals surface area contributed by atoms with Crippen LogP contribution in [0.15, 0.2) is 17.5 Å². The zero-order valence-corrected chi connectivity index (χ0v) is 13.0. The lowest BCUT2D eigenvalue weighted by Crippen LogP contribution is -2.44. The fourth-order valence-electron chi connectivity index (χ4n) is 3.41. The van der Waals surface area contributed by atoms with E-state index in [9.17, 15) is 9.59 Å². The number of carbonyl (C=O) groups excluding carboxylic acids is 2. The Morgan fingerprint density at radius 1 is 1.33 bits per heavy atom. The molecule has 0 radical (unpaired) electrons. The smallest absolute Gasteiger partial charge is 0.225 e. The average molecular weight is 306 g/mol. The van der Waals surface area contributed by atoms with Gasteiger partial charge in [-0.15, -0.1) is 11.3 Å². The summed E-state index contributed by atoms with van der Waals surface area (Å²) in [4.78, 5) is 25.0. The van der Waals surface area contributed by atoms with E-state index in [4.69, 9.17) is 0 Å². The molecule has 1 saturated heterocycles. The molecule has 2 fully saturated rings. The molecule has 21 heavy (non-hydrogen) atoms. The van der Waals surface area contributed by atoms with Crippen molar-refractivity contribution in [3.8, 4) is 0 Å². The number of hydrogen-bond acceptors (Lipinski definition) is 3. The molecule has 1 aliphatic heterocycles. The molecular formula is C16H22N2O2S. The van der Waals surface area contributed by atoms with Crippen LogP contribution in [0.3, 0.4) is 0 Å². The minimum Gasteiger partial charge on any atom is -0.355 e. The van der Waals surface area contributed by atoms with Gasteiger partial charge >= 0.3 is 0 Å². The predicted molar refractivity (Wildman–Crippen MR) is 82.9 cm³/mol. The van der Waals surface area contributed by atoms with Crippen molar-refractivity contribution in [2.75, 3.05) is 6.54 Å². The maximum Gasteiger partial charge on any atom is 0.225 e. The van der Waals surface area contributed by atoms with Crippen molar-refractivity contribution in [3.63, 3.8) is 0 Å². The van der Waals surface area contributed by atoms with Crippen molar-refractivity contribution < 1.29 is 9.59 Å². The fourth-order valence-corrected chi connectivity index (χ4v) is 4.28. The quantitative estimate of drug-likeness (QED) is 0.898. The molecule has 2 aliphatic rings. The van der Waals surface area contributed by atoms with E-state index in [1.54, 1.807) is 11.3 Å². The Morgan fingerprint density at radius 3 is 2.76 bits per heavy atom. The Labute approximate surface area is 129 Å². The van der Waals surface area contributed by atoms with E-state index in [-0.39, 0.29) is 23.8 Å². The largest absolute Gasteiger partial charge is 0.355 e. The maximum atomic E-state index is 12.5. The molecular weight excluding hydrogens is 284 g/mol. The molecule has 2 amide bonds. The first-order chi connectivity index (χ1) is 10.2. The molecule has 2 unspecified atom stereocenters. The Morgan fingerprint density at radius 2 is 2.14 bits per heavy atom. The van der Waals surface area contributed by atoms with Gasteiger partial charge in [0.25, 0.3) is 0 Å². The second kappa shape index (κ2) is 6.60. The first kappa shape index (κ1) is 14.6. The third kappa shape index (κ3) is 3.46. The van der Waals surface area contributed by atoms with Gasteiger partial charge in [-0.05, 0) is 36.6 Å². The van der Waals surface area contributed by atoms with Crippen LogP contribution in [0.5, 0.6) is 0 Å². The van der Waals surface area contributed by atoms with Gasteiger partial charge in [-0.1, -0.05) is 18.9 Å². The van der Waals surface area contributed by atoms with Gasteiger partial charge in [-0.2, -0.15) is 0 Å². The Balaban J connectivity index is 1.66. The second-order valence-corrected chi connectivity index (χ2v) is 7.07. The van der Waals surface area contributed by atoms with E-state index in [1.165, 1.54) is 30.6 Å². The predicted octanol–water partition coefficient (Wildman–Crippen LogP) is 2.62. The maximum absolute atomic E-state index is 12.5. The minimum absolute atomic E-state index is 0.0599. The van der Waals surface area contributed by atoms with Gasteiger partial charge in [-0.3, -0.25) is 9.59 Å². The molecule has 0 aromatic carbocycles. The lowest BCUT2D eigenvalue weighted by molar-refractivity contribution is -0.129. The van der Waals surface area contributed by atoms with Crippen molar-refractivity contribution in [2.24, 2.45) is 11.8 Å². The molecule has 5 heteroatoms. The average Bonchev–Trinajstić information content (AvgIpc) is 3.19. The van der Waals surface area contributed by atoms with Crippen LogP contribution in [0.1, 0.15) is 49.4 Å². The molecule has 0 spiro atoms. The van der Waals surface area contributed by atoms with Gasteiger partial charge in [0.2, 0.25) is 11.8 Å². The van der Waals surface area contributed by atoms with Gasteiger partial charge in [0.1, 0.15) is 0 Å². The van der Waals surface area contributed by atoms with Crippen LogP contribution in [0.4, 0.5) is 0 Å². The van der Waals surface area contributed by atoms with E-state index in [0.29, 0.717) is 25.3 Å². The van der Waals surface area contributed by atoms with Gasteiger partial charge in [0.15, 0.2) is 0 Å². The molecule has 2 heterocycles. The summed E-state index contributed by atoms with van der Waals surface area (Å²) in [5.41, 5.74) is 0. The zero-order valence-electron chi connectivity index (χ0n) is 12.1.